The van der Waals surface area contributed by atoms with Crippen molar-refractivity contribution in [2.24, 2.45) is 21.8 Å². The summed E-state index contributed by atoms with van der Waals surface area (Å²) < 4.78 is 0.965. The number of amides is 1. The Hall–Kier alpha value is -1.16. The zero-order chi connectivity index (χ0) is 15.3. The van der Waals surface area contributed by atoms with Gasteiger partial charge in [0.2, 0.25) is 0 Å². The third-order valence-corrected chi connectivity index (χ3v) is 6.44. The number of hydrogen-bond acceptors (Lipinski definition) is 2. The molecule has 1 aromatic carbocycles. The Morgan fingerprint density at radius 3 is 2.48 bits per heavy atom. The highest BCUT2D eigenvalue weighted by Gasteiger charge is 2.59. The summed E-state index contributed by atoms with van der Waals surface area (Å²) in [7, 11) is 0. The van der Waals surface area contributed by atoms with Crippen LogP contribution in [0.25, 0.3) is 0 Å². The summed E-state index contributed by atoms with van der Waals surface area (Å²) in [5.74, 6) is 0.560. The van der Waals surface area contributed by atoms with Crippen molar-refractivity contribution in [3.63, 3.8) is 0 Å². The van der Waals surface area contributed by atoms with Gasteiger partial charge in [0.25, 0.3) is 5.91 Å². The van der Waals surface area contributed by atoms with Gasteiger partial charge in [0.05, 0.1) is 0 Å². The van der Waals surface area contributed by atoms with Gasteiger partial charge in [-0.1, -0.05) is 36.7 Å². The molecule has 3 rings (SSSR count). The normalized spacial score (nSPS) is 31.6. The summed E-state index contributed by atoms with van der Waals surface area (Å²) in [6, 6.07) is 7.33. The summed E-state index contributed by atoms with van der Waals surface area (Å²) in [5.41, 5.74) is 4.95. The monoisotopic (exact) mass is 348 g/mol. The van der Waals surface area contributed by atoms with Crippen molar-refractivity contribution < 1.29 is 4.79 Å². The molecule has 1 amide bonds. The average molecular weight is 349 g/mol. The Bertz CT molecular complexity index is 606. The topological polar surface area (TPSA) is 41.5 Å². The molecule has 4 heteroatoms. The summed E-state index contributed by atoms with van der Waals surface area (Å²) in [4.78, 5) is 12.2. The lowest BCUT2D eigenvalue weighted by molar-refractivity contribution is 0.0954. The van der Waals surface area contributed by atoms with E-state index in [1.54, 1.807) is 12.1 Å². The predicted octanol–water partition coefficient (Wildman–Crippen LogP) is 4.38. The average Bonchev–Trinajstić information content (AvgIpc) is 2.78. The molecular weight excluding hydrogens is 328 g/mol. The molecule has 0 saturated heterocycles. The number of hydrazone groups is 1. The Labute approximate surface area is 134 Å². The van der Waals surface area contributed by atoms with E-state index in [9.17, 15) is 4.79 Å². The first-order valence-corrected chi connectivity index (χ1v) is 8.27. The summed E-state index contributed by atoms with van der Waals surface area (Å²) >= 11 is 3.37. The van der Waals surface area contributed by atoms with E-state index in [4.69, 9.17) is 0 Å². The third-order valence-electron chi connectivity index (χ3n) is 5.91. The van der Waals surface area contributed by atoms with Crippen LogP contribution in [0.15, 0.2) is 33.8 Å². The lowest BCUT2D eigenvalue weighted by Crippen LogP contribution is -2.34. The van der Waals surface area contributed by atoms with Crippen LogP contribution in [-0.2, 0) is 0 Å². The summed E-state index contributed by atoms with van der Waals surface area (Å²) in [5, 5.41) is 4.48. The number of carbonyl (C=O) groups excluding carboxylic acids is 1. The molecule has 0 unspecified atom stereocenters. The maximum Gasteiger partial charge on any atom is 0.271 e. The molecular formula is C17H21BrN2O. The maximum atomic E-state index is 12.2. The highest BCUT2D eigenvalue weighted by atomic mass is 79.9. The largest absolute Gasteiger partial charge is 0.271 e. The van der Waals surface area contributed by atoms with Crippen LogP contribution in [0.1, 0.15) is 50.4 Å². The quantitative estimate of drug-likeness (QED) is 0.791. The molecule has 2 saturated carbocycles. The van der Waals surface area contributed by atoms with E-state index in [1.165, 1.54) is 12.8 Å². The molecule has 2 aliphatic rings. The minimum Gasteiger partial charge on any atom is -0.267 e. The predicted molar refractivity (Wildman–Crippen MR) is 88.3 cm³/mol. The Morgan fingerprint density at radius 2 is 1.95 bits per heavy atom. The summed E-state index contributed by atoms with van der Waals surface area (Å²) in [6.45, 7) is 6.97. The summed E-state index contributed by atoms with van der Waals surface area (Å²) in [6.07, 6.45) is 3.48. The fraction of sp³-hybridized carbons (Fsp3) is 0.529. The van der Waals surface area contributed by atoms with Crippen molar-refractivity contribution in [3.05, 3.63) is 34.3 Å². The molecule has 1 N–H and O–H groups in total. The van der Waals surface area contributed by atoms with Crippen molar-refractivity contribution >= 4 is 27.5 Å². The fourth-order valence-electron chi connectivity index (χ4n) is 3.88. The van der Waals surface area contributed by atoms with Gasteiger partial charge in [0, 0.05) is 21.2 Å². The first-order valence-electron chi connectivity index (χ1n) is 7.47. The molecule has 1 aromatic rings. The Balaban J connectivity index is 1.76. The number of fused-ring (bicyclic) bond motifs is 2. The lowest BCUT2D eigenvalue weighted by Gasteiger charge is -2.34. The van der Waals surface area contributed by atoms with Crippen molar-refractivity contribution in [3.8, 4) is 0 Å². The van der Waals surface area contributed by atoms with Gasteiger partial charge in [-0.05, 0) is 54.9 Å². The Morgan fingerprint density at radius 1 is 1.29 bits per heavy atom. The fourth-order valence-corrected chi connectivity index (χ4v) is 4.15. The van der Waals surface area contributed by atoms with Gasteiger partial charge in [0.15, 0.2) is 0 Å². The third kappa shape index (κ3) is 2.24. The number of carbonyl (C=O) groups is 1. The van der Waals surface area contributed by atoms with Gasteiger partial charge < -0.3 is 0 Å². The molecule has 0 radical (unpaired) electrons. The van der Waals surface area contributed by atoms with E-state index >= 15 is 0 Å². The number of rotatable bonds is 2. The minimum absolute atomic E-state index is 0.130. The van der Waals surface area contributed by atoms with Crippen LogP contribution in [-0.4, -0.2) is 11.6 Å². The van der Waals surface area contributed by atoms with E-state index in [-0.39, 0.29) is 16.7 Å². The molecule has 0 aromatic heterocycles. The number of hydrogen-bond donors (Lipinski definition) is 1. The van der Waals surface area contributed by atoms with Crippen LogP contribution in [0.2, 0.25) is 0 Å². The van der Waals surface area contributed by atoms with Crippen LogP contribution in [0.3, 0.4) is 0 Å². The van der Waals surface area contributed by atoms with Gasteiger partial charge in [-0.15, -0.1) is 0 Å². The molecule has 2 aliphatic carbocycles. The van der Waals surface area contributed by atoms with Crippen LogP contribution >= 0.6 is 15.9 Å². The zero-order valence-corrected chi connectivity index (χ0v) is 14.3. The Kier molecular flexibility index (Phi) is 3.47. The van der Waals surface area contributed by atoms with Gasteiger partial charge in [-0.2, -0.15) is 5.10 Å². The number of halogens is 1. The molecule has 0 heterocycles. The first kappa shape index (κ1) is 14.8. The van der Waals surface area contributed by atoms with E-state index in [1.807, 2.05) is 12.1 Å². The van der Waals surface area contributed by atoms with Gasteiger partial charge >= 0.3 is 0 Å². The van der Waals surface area contributed by atoms with E-state index in [0.717, 1.165) is 16.6 Å². The molecule has 2 fully saturated rings. The SMILES string of the molecule is CC1(C)[C@@H]2CC[C@@]1(C)/C(=N/NC(=O)c1ccc(Br)cc1)C2. The second kappa shape index (κ2) is 4.94. The van der Waals surface area contributed by atoms with Crippen molar-refractivity contribution in [1.82, 2.24) is 5.43 Å². The van der Waals surface area contributed by atoms with Gasteiger partial charge in [-0.25, -0.2) is 5.43 Å². The first-order chi connectivity index (χ1) is 9.84. The minimum atomic E-state index is -0.140. The second-order valence-corrected chi connectivity index (χ2v) is 7.92. The lowest BCUT2D eigenvalue weighted by atomic mass is 9.70. The van der Waals surface area contributed by atoms with Crippen molar-refractivity contribution in [2.45, 2.75) is 40.0 Å². The van der Waals surface area contributed by atoms with Gasteiger partial charge in [0.1, 0.15) is 0 Å². The zero-order valence-electron chi connectivity index (χ0n) is 12.7. The highest BCUT2D eigenvalue weighted by Crippen LogP contribution is 2.63. The van der Waals surface area contributed by atoms with Crippen LogP contribution in [0.5, 0.6) is 0 Å². The molecule has 0 aliphatic heterocycles. The van der Waals surface area contributed by atoms with E-state index < -0.39 is 0 Å². The van der Waals surface area contributed by atoms with Crippen molar-refractivity contribution in [1.29, 1.82) is 0 Å². The number of benzene rings is 1. The van der Waals surface area contributed by atoms with Crippen LogP contribution in [0, 0.1) is 16.7 Å². The highest BCUT2D eigenvalue weighted by molar-refractivity contribution is 9.10. The van der Waals surface area contributed by atoms with E-state index in [0.29, 0.717) is 11.5 Å². The van der Waals surface area contributed by atoms with Crippen molar-refractivity contribution in [2.75, 3.05) is 0 Å². The number of nitrogens with zero attached hydrogens (tertiary/aromatic N) is 1. The van der Waals surface area contributed by atoms with Gasteiger partial charge in [-0.3, -0.25) is 4.79 Å². The molecule has 3 nitrogen and oxygen atoms in total. The standard InChI is InChI=1S/C17H21BrN2O/c1-16(2)12-8-9-17(16,3)14(10-12)19-20-15(21)11-4-6-13(18)7-5-11/h4-7,12H,8-10H2,1-3H3,(H,20,21)/b19-14+/t12-,17+/m1/s1. The second-order valence-electron chi connectivity index (χ2n) is 7.00. The molecule has 0 spiro atoms. The van der Waals surface area contributed by atoms with E-state index in [2.05, 4.69) is 47.2 Å². The maximum absolute atomic E-state index is 12.2. The smallest absolute Gasteiger partial charge is 0.267 e. The molecule has 2 atom stereocenters. The molecule has 21 heavy (non-hydrogen) atoms. The molecule has 2 bridgehead atoms. The number of nitrogens with one attached hydrogen (secondary N) is 1. The van der Waals surface area contributed by atoms with Crippen LogP contribution < -0.4 is 5.43 Å². The van der Waals surface area contributed by atoms with Crippen LogP contribution in [0.4, 0.5) is 0 Å². The molecule has 112 valence electrons.